The molecule has 0 spiro atoms. The van der Waals surface area contributed by atoms with E-state index in [9.17, 15) is 4.79 Å². The molecule has 3 rings (SSSR count). The number of hydrogen-bond donors (Lipinski definition) is 2. The summed E-state index contributed by atoms with van der Waals surface area (Å²) in [6.45, 7) is 8.39. The molecule has 0 aliphatic heterocycles. The number of nitrogens with one attached hydrogen (secondary N) is 1. The summed E-state index contributed by atoms with van der Waals surface area (Å²) >= 11 is 0. The van der Waals surface area contributed by atoms with Gasteiger partial charge >= 0.3 is 0 Å². The Bertz CT molecular complexity index is 1110. The predicted molar refractivity (Wildman–Crippen MR) is 112 cm³/mol. The number of nitrogens with zero attached hydrogens (tertiary/aromatic N) is 1. The second kappa shape index (κ2) is 7.74. The van der Waals surface area contributed by atoms with E-state index in [0.29, 0.717) is 0 Å². The molecule has 0 unspecified atom stereocenters. The number of ether oxygens (including phenoxy) is 1. The molecule has 0 radical (unpaired) electrons. The number of aryl methyl sites for hydroxylation is 2. The molecule has 2 N–H and O–H groups in total. The molecule has 2 aromatic carbocycles. The summed E-state index contributed by atoms with van der Waals surface area (Å²) in [6.07, 6.45) is 4.92. The quantitative estimate of drug-likeness (QED) is 0.394. The fourth-order valence-corrected chi connectivity index (χ4v) is 3.33. The summed E-state index contributed by atoms with van der Waals surface area (Å²) < 4.78 is 7.50. The van der Waals surface area contributed by atoms with Crippen molar-refractivity contribution in [2.75, 3.05) is 7.11 Å². The highest BCUT2D eigenvalue weighted by atomic mass is 16.5. The third-order valence-corrected chi connectivity index (χ3v) is 5.08. The molecule has 1 heterocycles. The molecule has 5 nitrogen and oxygen atoms in total. The second-order valence-electron chi connectivity index (χ2n) is 6.84. The Labute approximate surface area is 164 Å². The van der Waals surface area contributed by atoms with Crippen LogP contribution in [0.2, 0.25) is 0 Å². The average molecular weight is 376 g/mol. The van der Waals surface area contributed by atoms with E-state index in [-0.39, 0.29) is 0 Å². The zero-order valence-electron chi connectivity index (χ0n) is 16.5. The van der Waals surface area contributed by atoms with Gasteiger partial charge in [0.05, 0.1) is 7.11 Å². The Kier molecular flexibility index (Phi) is 5.38. The molecule has 28 heavy (non-hydrogen) atoms. The van der Waals surface area contributed by atoms with Crippen molar-refractivity contribution >= 4 is 28.5 Å². The fourth-order valence-electron chi connectivity index (χ4n) is 3.33. The molecular formula is C23H24N2O3. The first-order valence-corrected chi connectivity index (χ1v) is 8.91. The van der Waals surface area contributed by atoms with Gasteiger partial charge in [-0.1, -0.05) is 18.7 Å². The number of hydroxylamine groups is 1. The van der Waals surface area contributed by atoms with Gasteiger partial charge in [-0.2, -0.15) is 0 Å². The van der Waals surface area contributed by atoms with Crippen LogP contribution in [0.1, 0.15) is 27.8 Å². The summed E-state index contributed by atoms with van der Waals surface area (Å²) in [5.74, 6) is 0.273. The molecule has 1 aromatic heterocycles. The third-order valence-electron chi connectivity index (χ3n) is 5.08. The summed E-state index contributed by atoms with van der Waals surface area (Å²) in [5, 5.41) is 9.68. The fraction of sp³-hybridized carbons (Fsp3) is 0.174. The lowest BCUT2D eigenvalue weighted by Gasteiger charge is -2.13. The molecular weight excluding hydrogens is 352 g/mol. The van der Waals surface area contributed by atoms with Crippen LogP contribution in [0.4, 0.5) is 0 Å². The standard InChI is InChI=1S/C23H24N2O3/c1-14-10-19(12-22(28-5)15(14)2)16(3)17-6-8-21-20(11-17)18(13-25(21)4)7-9-23(26)24-27/h6-13,27H,3H2,1-2,4-5H3,(H,24,26)/b9-7+. The highest BCUT2D eigenvalue weighted by molar-refractivity contribution is 5.97. The Hall–Kier alpha value is -3.31. The van der Waals surface area contributed by atoms with Crippen molar-refractivity contribution in [1.82, 2.24) is 10.0 Å². The van der Waals surface area contributed by atoms with Gasteiger partial charge in [0.1, 0.15) is 5.75 Å². The van der Waals surface area contributed by atoms with E-state index in [4.69, 9.17) is 9.94 Å². The Morgan fingerprint density at radius 3 is 2.64 bits per heavy atom. The molecule has 0 fully saturated rings. The van der Waals surface area contributed by atoms with Crippen LogP contribution in [0, 0.1) is 13.8 Å². The van der Waals surface area contributed by atoms with E-state index in [1.165, 1.54) is 6.08 Å². The Balaban J connectivity index is 2.07. The van der Waals surface area contributed by atoms with Gasteiger partial charge in [0.25, 0.3) is 5.91 Å². The van der Waals surface area contributed by atoms with E-state index < -0.39 is 5.91 Å². The minimum atomic E-state index is -0.570. The van der Waals surface area contributed by atoms with Crippen LogP contribution in [-0.4, -0.2) is 22.8 Å². The van der Waals surface area contributed by atoms with Gasteiger partial charge in [-0.25, -0.2) is 5.48 Å². The van der Waals surface area contributed by atoms with Crippen molar-refractivity contribution in [1.29, 1.82) is 0 Å². The molecule has 0 saturated carbocycles. The van der Waals surface area contributed by atoms with Crippen LogP contribution in [0.25, 0.3) is 22.6 Å². The molecule has 3 aromatic rings. The number of amides is 1. The van der Waals surface area contributed by atoms with Gasteiger partial charge in [-0.05, 0) is 65.9 Å². The van der Waals surface area contributed by atoms with Crippen molar-refractivity contribution in [3.05, 3.63) is 77.0 Å². The largest absolute Gasteiger partial charge is 0.496 e. The lowest BCUT2D eigenvalue weighted by atomic mass is 9.94. The number of fused-ring (bicyclic) bond motifs is 1. The molecule has 1 amide bonds. The van der Waals surface area contributed by atoms with E-state index in [1.807, 2.05) is 42.9 Å². The first kappa shape index (κ1) is 19.5. The number of benzene rings is 2. The van der Waals surface area contributed by atoms with E-state index in [2.05, 4.69) is 25.6 Å². The third kappa shape index (κ3) is 3.57. The number of carbonyl (C=O) groups excluding carboxylic acids is 1. The summed E-state index contributed by atoms with van der Waals surface area (Å²) in [4.78, 5) is 11.3. The van der Waals surface area contributed by atoms with Gasteiger partial charge in [0.2, 0.25) is 0 Å². The summed E-state index contributed by atoms with van der Waals surface area (Å²) in [7, 11) is 3.62. The van der Waals surface area contributed by atoms with Crippen LogP contribution < -0.4 is 10.2 Å². The van der Waals surface area contributed by atoms with Crippen LogP contribution in [0.5, 0.6) is 5.75 Å². The lowest BCUT2D eigenvalue weighted by Crippen LogP contribution is -2.14. The summed E-state index contributed by atoms with van der Waals surface area (Å²) in [6, 6.07) is 10.3. The number of carbonyl (C=O) groups is 1. The van der Waals surface area contributed by atoms with E-state index in [1.54, 1.807) is 18.7 Å². The van der Waals surface area contributed by atoms with Gasteiger partial charge in [0.15, 0.2) is 0 Å². The number of methoxy groups -OCH3 is 1. The zero-order valence-corrected chi connectivity index (χ0v) is 16.5. The monoisotopic (exact) mass is 376 g/mol. The maximum absolute atomic E-state index is 11.3. The topological polar surface area (TPSA) is 63.5 Å². The molecule has 0 aliphatic carbocycles. The van der Waals surface area contributed by atoms with Crippen molar-refractivity contribution in [3.63, 3.8) is 0 Å². The number of rotatable bonds is 5. The van der Waals surface area contributed by atoms with Crippen molar-refractivity contribution in [2.24, 2.45) is 7.05 Å². The van der Waals surface area contributed by atoms with Crippen LogP contribution in [0.3, 0.4) is 0 Å². The van der Waals surface area contributed by atoms with Gasteiger partial charge in [-0.3, -0.25) is 10.0 Å². The SMILES string of the molecule is C=C(c1cc(C)c(C)c(OC)c1)c1ccc2c(c1)c(/C=C/C(=O)NO)cn2C. The average Bonchev–Trinajstić information content (AvgIpc) is 3.02. The Morgan fingerprint density at radius 1 is 1.21 bits per heavy atom. The molecule has 0 aliphatic rings. The second-order valence-corrected chi connectivity index (χ2v) is 6.84. The van der Waals surface area contributed by atoms with Crippen molar-refractivity contribution in [2.45, 2.75) is 13.8 Å². The van der Waals surface area contributed by atoms with Crippen LogP contribution in [0.15, 0.2) is 49.2 Å². The number of hydrogen-bond acceptors (Lipinski definition) is 3. The molecule has 144 valence electrons. The predicted octanol–water partition coefficient (Wildman–Crippen LogP) is 4.38. The van der Waals surface area contributed by atoms with Crippen LogP contribution in [-0.2, 0) is 11.8 Å². The first-order chi connectivity index (χ1) is 13.3. The molecule has 0 saturated heterocycles. The minimum Gasteiger partial charge on any atom is -0.496 e. The number of aromatic nitrogens is 1. The smallest absolute Gasteiger partial charge is 0.267 e. The molecule has 0 bridgehead atoms. The molecule has 0 atom stereocenters. The maximum atomic E-state index is 11.3. The summed E-state index contributed by atoms with van der Waals surface area (Å²) in [5.41, 5.74) is 8.69. The van der Waals surface area contributed by atoms with Crippen LogP contribution >= 0.6 is 0 Å². The molecule has 5 heteroatoms. The van der Waals surface area contributed by atoms with Crippen molar-refractivity contribution in [3.8, 4) is 5.75 Å². The van der Waals surface area contributed by atoms with E-state index in [0.717, 1.165) is 50.0 Å². The van der Waals surface area contributed by atoms with Gasteiger partial charge < -0.3 is 9.30 Å². The maximum Gasteiger partial charge on any atom is 0.267 e. The Morgan fingerprint density at radius 2 is 1.96 bits per heavy atom. The highest BCUT2D eigenvalue weighted by Gasteiger charge is 2.11. The minimum absolute atomic E-state index is 0.570. The normalized spacial score (nSPS) is 11.2. The van der Waals surface area contributed by atoms with Crippen molar-refractivity contribution < 1.29 is 14.7 Å². The first-order valence-electron chi connectivity index (χ1n) is 8.91. The lowest BCUT2D eigenvalue weighted by molar-refractivity contribution is -0.124. The highest BCUT2D eigenvalue weighted by Crippen LogP contribution is 2.32. The van der Waals surface area contributed by atoms with Gasteiger partial charge in [-0.15, -0.1) is 0 Å². The van der Waals surface area contributed by atoms with E-state index >= 15 is 0 Å². The zero-order chi connectivity index (χ0) is 20.4. The van der Waals surface area contributed by atoms with Gasteiger partial charge in [0, 0.05) is 35.8 Å².